The third-order valence-electron chi connectivity index (χ3n) is 3.26. The van der Waals surface area contributed by atoms with E-state index in [0.29, 0.717) is 6.54 Å². The van der Waals surface area contributed by atoms with E-state index in [9.17, 15) is 9.59 Å². The van der Waals surface area contributed by atoms with E-state index in [0.717, 1.165) is 32.6 Å². The van der Waals surface area contributed by atoms with Crippen molar-refractivity contribution >= 4 is 11.9 Å². The molecule has 0 aromatic heterocycles. The van der Waals surface area contributed by atoms with Crippen LogP contribution in [-0.4, -0.2) is 74.1 Å². The lowest BCUT2D eigenvalue weighted by Crippen LogP contribution is -2.46. The van der Waals surface area contributed by atoms with Crippen LogP contribution >= 0.6 is 0 Å². The average Bonchev–Trinajstić information content (AvgIpc) is 2.63. The van der Waals surface area contributed by atoms with Crippen molar-refractivity contribution in [1.29, 1.82) is 0 Å². The monoisotopic (exact) mass is 271 g/mol. The molecule has 6 heteroatoms. The lowest BCUT2D eigenvalue weighted by atomic mass is 10.3. The van der Waals surface area contributed by atoms with Gasteiger partial charge in [0.1, 0.15) is 6.54 Å². The van der Waals surface area contributed by atoms with Gasteiger partial charge < -0.3 is 15.0 Å². The smallest absolute Gasteiger partial charge is 0.325 e. The number of nitrogens with one attached hydrogen (secondary N) is 1. The molecule has 1 rings (SSSR count). The van der Waals surface area contributed by atoms with Gasteiger partial charge >= 0.3 is 5.97 Å². The van der Waals surface area contributed by atoms with Gasteiger partial charge in [0, 0.05) is 19.1 Å². The maximum Gasteiger partial charge on any atom is 0.325 e. The predicted octanol–water partition coefficient (Wildman–Crippen LogP) is -0.308. The van der Waals surface area contributed by atoms with Gasteiger partial charge in [-0.05, 0) is 33.4 Å². The van der Waals surface area contributed by atoms with Crippen molar-refractivity contribution in [3.05, 3.63) is 0 Å². The third-order valence-corrected chi connectivity index (χ3v) is 3.26. The molecule has 0 radical (unpaired) electrons. The van der Waals surface area contributed by atoms with E-state index in [1.807, 2.05) is 13.8 Å². The molecule has 0 aromatic rings. The predicted molar refractivity (Wildman–Crippen MR) is 72.8 cm³/mol. The largest absolute Gasteiger partial charge is 0.468 e. The topological polar surface area (TPSA) is 61.9 Å². The Kier molecular flexibility index (Phi) is 6.80. The highest BCUT2D eigenvalue weighted by atomic mass is 16.5. The molecule has 1 fully saturated rings. The summed E-state index contributed by atoms with van der Waals surface area (Å²) in [7, 11) is 1.34. The fraction of sp³-hybridized carbons (Fsp3) is 0.846. The van der Waals surface area contributed by atoms with Gasteiger partial charge in [-0.1, -0.05) is 0 Å². The number of carbonyl (C=O) groups excluding carboxylic acids is 2. The van der Waals surface area contributed by atoms with Crippen molar-refractivity contribution in [2.75, 3.05) is 46.4 Å². The van der Waals surface area contributed by atoms with Crippen LogP contribution in [0.15, 0.2) is 0 Å². The molecule has 0 aromatic carbocycles. The van der Waals surface area contributed by atoms with Crippen LogP contribution in [0.4, 0.5) is 0 Å². The number of nitrogens with zero attached hydrogens (tertiary/aromatic N) is 2. The quantitative estimate of drug-likeness (QED) is 0.695. The zero-order valence-corrected chi connectivity index (χ0v) is 12.1. The van der Waals surface area contributed by atoms with E-state index < -0.39 is 0 Å². The normalized spacial score (nSPS) is 17.1. The summed E-state index contributed by atoms with van der Waals surface area (Å²) in [6.07, 6.45) is 1.05. The van der Waals surface area contributed by atoms with Crippen LogP contribution < -0.4 is 5.32 Å². The summed E-state index contributed by atoms with van der Waals surface area (Å²) in [5.41, 5.74) is 0. The summed E-state index contributed by atoms with van der Waals surface area (Å²) in [6.45, 7) is 7.91. The molecule has 1 heterocycles. The molecule has 1 aliphatic rings. The summed E-state index contributed by atoms with van der Waals surface area (Å²) >= 11 is 0. The Balaban J connectivity index is 2.53. The number of ether oxygens (including phenoxy) is 1. The zero-order chi connectivity index (χ0) is 14.3. The summed E-state index contributed by atoms with van der Waals surface area (Å²) in [5, 5.41) is 3.30. The molecule has 19 heavy (non-hydrogen) atoms. The Morgan fingerprint density at radius 1 is 1.32 bits per heavy atom. The molecule has 1 N–H and O–H groups in total. The van der Waals surface area contributed by atoms with Crippen molar-refractivity contribution in [1.82, 2.24) is 15.1 Å². The number of esters is 1. The van der Waals surface area contributed by atoms with Gasteiger partial charge in [0.2, 0.25) is 5.91 Å². The summed E-state index contributed by atoms with van der Waals surface area (Å²) < 4.78 is 4.63. The van der Waals surface area contributed by atoms with Crippen molar-refractivity contribution in [3.63, 3.8) is 0 Å². The van der Waals surface area contributed by atoms with Gasteiger partial charge in [-0.15, -0.1) is 0 Å². The highest BCUT2D eigenvalue weighted by Crippen LogP contribution is 2.03. The minimum Gasteiger partial charge on any atom is -0.468 e. The average molecular weight is 271 g/mol. The molecule has 0 bridgehead atoms. The van der Waals surface area contributed by atoms with Crippen molar-refractivity contribution in [2.45, 2.75) is 26.3 Å². The molecule has 1 aliphatic heterocycles. The van der Waals surface area contributed by atoms with Crippen LogP contribution in [-0.2, 0) is 14.3 Å². The molecular weight excluding hydrogens is 246 g/mol. The van der Waals surface area contributed by atoms with Crippen molar-refractivity contribution in [3.8, 4) is 0 Å². The van der Waals surface area contributed by atoms with Crippen LogP contribution in [0.3, 0.4) is 0 Å². The van der Waals surface area contributed by atoms with Crippen LogP contribution in [0.1, 0.15) is 20.3 Å². The minimum absolute atomic E-state index is 0.00305. The van der Waals surface area contributed by atoms with Gasteiger partial charge in [-0.2, -0.15) is 0 Å². The summed E-state index contributed by atoms with van der Waals surface area (Å²) in [6, 6.07) is -0.00305. The summed E-state index contributed by atoms with van der Waals surface area (Å²) in [5.74, 6) is -0.387. The molecule has 110 valence electrons. The van der Waals surface area contributed by atoms with E-state index in [2.05, 4.69) is 15.0 Å². The van der Waals surface area contributed by atoms with Gasteiger partial charge in [0.25, 0.3) is 0 Å². The molecule has 0 aliphatic carbocycles. The maximum atomic E-state index is 12.3. The number of hydrogen-bond donors (Lipinski definition) is 1. The second-order valence-corrected chi connectivity index (χ2v) is 5.07. The highest BCUT2D eigenvalue weighted by molar-refractivity contribution is 5.83. The van der Waals surface area contributed by atoms with Crippen LogP contribution in [0.25, 0.3) is 0 Å². The molecule has 1 saturated heterocycles. The van der Waals surface area contributed by atoms with Crippen LogP contribution in [0, 0.1) is 0 Å². The first-order valence-corrected chi connectivity index (χ1v) is 6.84. The van der Waals surface area contributed by atoms with E-state index in [-0.39, 0.29) is 24.5 Å². The van der Waals surface area contributed by atoms with Crippen molar-refractivity contribution < 1.29 is 14.3 Å². The number of methoxy groups -OCH3 is 1. The van der Waals surface area contributed by atoms with Crippen LogP contribution in [0.5, 0.6) is 0 Å². The van der Waals surface area contributed by atoms with E-state index in [1.165, 1.54) is 7.11 Å². The fourth-order valence-corrected chi connectivity index (χ4v) is 2.10. The Morgan fingerprint density at radius 3 is 2.68 bits per heavy atom. The first-order chi connectivity index (χ1) is 9.04. The summed E-state index contributed by atoms with van der Waals surface area (Å²) in [4.78, 5) is 27.3. The number of amides is 1. The second-order valence-electron chi connectivity index (χ2n) is 5.07. The molecule has 0 unspecified atom stereocenters. The second kappa shape index (κ2) is 8.12. The standard InChI is InChI=1S/C13H25N3O3/c1-11(2)16(10-13(18)19-3)12(17)9-15-7-4-5-14-6-8-15/h11,14H,4-10H2,1-3H3. The lowest BCUT2D eigenvalue weighted by Gasteiger charge is -2.28. The number of hydrogen-bond acceptors (Lipinski definition) is 5. The van der Waals surface area contributed by atoms with Gasteiger partial charge in [-0.3, -0.25) is 14.5 Å². The third kappa shape index (κ3) is 5.57. The molecule has 0 saturated carbocycles. The molecular formula is C13H25N3O3. The molecule has 1 amide bonds. The lowest BCUT2D eigenvalue weighted by molar-refractivity contribution is -0.148. The first-order valence-electron chi connectivity index (χ1n) is 6.84. The SMILES string of the molecule is COC(=O)CN(C(=O)CN1CCCNCC1)C(C)C. The highest BCUT2D eigenvalue weighted by Gasteiger charge is 2.22. The Labute approximate surface area is 115 Å². The van der Waals surface area contributed by atoms with E-state index >= 15 is 0 Å². The fourth-order valence-electron chi connectivity index (χ4n) is 2.10. The Hall–Kier alpha value is -1.14. The van der Waals surface area contributed by atoms with Gasteiger partial charge in [-0.25, -0.2) is 0 Å². The van der Waals surface area contributed by atoms with Gasteiger partial charge in [0.05, 0.1) is 13.7 Å². The van der Waals surface area contributed by atoms with E-state index in [4.69, 9.17) is 0 Å². The van der Waals surface area contributed by atoms with Crippen molar-refractivity contribution in [2.24, 2.45) is 0 Å². The Morgan fingerprint density at radius 2 is 2.05 bits per heavy atom. The number of carbonyl (C=O) groups is 2. The first kappa shape index (κ1) is 15.9. The molecule has 0 atom stereocenters. The number of rotatable bonds is 5. The Bertz CT molecular complexity index is 300. The van der Waals surface area contributed by atoms with Crippen LogP contribution in [0.2, 0.25) is 0 Å². The van der Waals surface area contributed by atoms with Gasteiger partial charge in [0.15, 0.2) is 0 Å². The zero-order valence-electron chi connectivity index (χ0n) is 12.1. The minimum atomic E-state index is -0.375. The maximum absolute atomic E-state index is 12.3. The molecule has 0 spiro atoms. The van der Waals surface area contributed by atoms with E-state index in [1.54, 1.807) is 4.90 Å². The molecule has 6 nitrogen and oxygen atoms in total.